The van der Waals surface area contributed by atoms with Crippen molar-refractivity contribution >= 4 is 23.1 Å². The topological polar surface area (TPSA) is 46.3 Å². The normalized spacial score (nSPS) is 15.8. The van der Waals surface area contributed by atoms with Gasteiger partial charge in [0.25, 0.3) is 0 Å². The van der Waals surface area contributed by atoms with Gasteiger partial charge in [-0.25, -0.2) is 0 Å². The molecule has 0 heterocycles. The van der Waals surface area contributed by atoms with Crippen molar-refractivity contribution in [3.8, 4) is 0 Å². The van der Waals surface area contributed by atoms with Crippen LogP contribution in [0.5, 0.6) is 0 Å². The van der Waals surface area contributed by atoms with Crippen LogP contribution in [0.25, 0.3) is 0 Å². The molecule has 0 aromatic heterocycles. The van der Waals surface area contributed by atoms with Gasteiger partial charge in [0.2, 0.25) is 5.91 Å². The second kappa shape index (κ2) is 6.15. The van der Waals surface area contributed by atoms with Gasteiger partial charge in [0.05, 0.1) is 10.9 Å². The van der Waals surface area contributed by atoms with Crippen LogP contribution in [0, 0.1) is 11.8 Å². The summed E-state index contributed by atoms with van der Waals surface area (Å²) in [5.41, 5.74) is 6.84. The standard InChI is InChI=1S/C15H20N2OS/c1-17(10-12-7-8-12)15(18)13(14(16)19)9-11-5-3-2-4-6-11/h2-6,12-13H,7-10H2,1H3,(H2,16,19). The Morgan fingerprint density at radius 3 is 2.58 bits per heavy atom. The van der Waals surface area contributed by atoms with Crippen molar-refractivity contribution in [2.75, 3.05) is 13.6 Å². The molecular formula is C15H20N2OS. The third kappa shape index (κ3) is 4.03. The Bertz CT molecular complexity index is 456. The van der Waals surface area contributed by atoms with Gasteiger partial charge in [-0.2, -0.15) is 0 Å². The van der Waals surface area contributed by atoms with Gasteiger partial charge in [0.1, 0.15) is 0 Å². The number of carbonyl (C=O) groups excluding carboxylic acids is 1. The van der Waals surface area contributed by atoms with Crippen molar-refractivity contribution in [1.29, 1.82) is 0 Å². The van der Waals surface area contributed by atoms with E-state index in [0.717, 1.165) is 12.1 Å². The summed E-state index contributed by atoms with van der Waals surface area (Å²) in [6.07, 6.45) is 3.05. The van der Waals surface area contributed by atoms with Gasteiger partial charge in [-0.15, -0.1) is 0 Å². The van der Waals surface area contributed by atoms with Crippen molar-refractivity contribution in [3.05, 3.63) is 35.9 Å². The first-order valence-electron chi connectivity index (χ1n) is 6.66. The van der Waals surface area contributed by atoms with E-state index in [0.29, 0.717) is 12.3 Å². The minimum atomic E-state index is -0.388. The lowest BCUT2D eigenvalue weighted by Gasteiger charge is -2.23. The summed E-state index contributed by atoms with van der Waals surface area (Å²) in [6.45, 7) is 0.826. The Balaban J connectivity index is 2.02. The van der Waals surface area contributed by atoms with Crippen LogP contribution in [0.2, 0.25) is 0 Å². The van der Waals surface area contributed by atoms with E-state index in [2.05, 4.69) is 0 Å². The maximum absolute atomic E-state index is 12.4. The predicted octanol–water partition coefficient (Wildman–Crippen LogP) is 2.00. The lowest BCUT2D eigenvalue weighted by atomic mass is 9.98. The average molecular weight is 276 g/mol. The van der Waals surface area contributed by atoms with Crippen molar-refractivity contribution in [3.63, 3.8) is 0 Å². The molecule has 4 heteroatoms. The summed E-state index contributed by atoms with van der Waals surface area (Å²) < 4.78 is 0. The van der Waals surface area contributed by atoms with Crippen LogP contribution in [-0.2, 0) is 11.2 Å². The number of hydrogen-bond donors (Lipinski definition) is 1. The van der Waals surface area contributed by atoms with Gasteiger partial charge >= 0.3 is 0 Å². The highest BCUT2D eigenvalue weighted by Crippen LogP contribution is 2.29. The fourth-order valence-corrected chi connectivity index (χ4v) is 2.39. The summed E-state index contributed by atoms with van der Waals surface area (Å²) in [7, 11) is 1.84. The van der Waals surface area contributed by atoms with Gasteiger partial charge in [-0.3, -0.25) is 4.79 Å². The first kappa shape index (κ1) is 14.0. The highest BCUT2D eigenvalue weighted by molar-refractivity contribution is 7.80. The van der Waals surface area contributed by atoms with Gasteiger partial charge in [0, 0.05) is 13.6 Å². The number of amides is 1. The third-order valence-electron chi connectivity index (χ3n) is 3.53. The second-order valence-electron chi connectivity index (χ2n) is 5.31. The highest BCUT2D eigenvalue weighted by Gasteiger charge is 2.29. The molecule has 0 bridgehead atoms. The molecule has 1 unspecified atom stereocenters. The molecule has 1 saturated carbocycles. The third-order valence-corrected chi connectivity index (χ3v) is 3.81. The molecule has 2 N–H and O–H groups in total. The van der Waals surface area contributed by atoms with Crippen LogP contribution in [0.4, 0.5) is 0 Å². The summed E-state index contributed by atoms with van der Waals surface area (Å²) in [4.78, 5) is 14.5. The Morgan fingerprint density at radius 1 is 1.42 bits per heavy atom. The van der Waals surface area contributed by atoms with Crippen molar-refractivity contribution in [1.82, 2.24) is 4.90 Å². The molecule has 0 spiro atoms. The Morgan fingerprint density at radius 2 is 2.05 bits per heavy atom. The number of nitrogens with zero attached hydrogens (tertiary/aromatic N) is 1. The molecule has 1 amide bonds. The molecule has 1 aliphatic rings. The Kier molecular flexibility index (Phi) is 4.53. The van der Waals surface area contributed by atoms with E-state index in [4.69, 9.17) is 18.0 Å². The van der Waals surface area contributed by atoms with Crippen molar-refractivity contribution < 1.29 is 4.79 Å². The molecule has 102 valence electrons. The first-order chi connectivity index (χ1) is 9.08. The highest BCUT2D eigenvalue weighted by atomic mass is 32.1. The molecule has 1 aromatic carbocycles. The van der Waals surface area contributed by atoms with E-state index >= 15 is 0 Å². The van der Waals surface area contributed by atoms with Gasteiger partial charge in [0.15, 0.2) is 0 Å². The minimum Gasteiger partial charge on any atom is -0.393 e. The summed E-state index contributed by atoms with van der Waals surface area (Å²) in [5.74, 6) is 0.335. The Labute approximate surface area is 119 Å². The molecule has 3 nitrogen and oxygen atoms in total. The fraction of sp³-hybridized carbons (Fsp3) is 0.467. The predicted molar refractivity (Wildman–Crippen MR) is 80.8 cm³/mol. The van der Waals surface area contributed by atoms with E-state index in [9.17, 15) is 4.79 Å². The van der Waals surface area contributed by atoms with E-state index in [1.807, 2.05) is 37.4 Å². The molecule has 1 aliphatic carbocycles. The maximum Gasteiger partial charge on any atom is 0.232 e. The van der Waals surface area contributed by atoms with Crippen LogP contribution in [0.3, 0.4) is 0 Å². The Hall–Kier alpha value is -1.42. The molecule has 0 aliphatic heterocycles. The van der Waals surface area contributed by atoms with Crippen LogP contribution in [0.15, 0.2) is 30.3 Å². The minimum absolute atomic E-state index is 0.0447. The van der Waals surface area contributed by atoms with E-state index in [-0.39, 0.29) is 16.8 Å². The average Bonchev–Trinajstić information content (AvgIpc) is 3.20. The van der Waals surface area contributed by atoms with Crippen LogP contribution >= 0.6 is 12.2 Å². The molecule has 0 radical (unpaired) electrons. The number of benzene rings is 1. The molecule has 0 saturated heterocycles. The van der Waals surface area contributed by atoms with Gasteiger partial charge < -0.3 is 10.6 Å². The zero-order valence-electron chi connectivity index (χ0n) is 11.2. The maximum atomic E-state index is 12.4. The van der Waals surface area contributed by atoms with Crippen LogP contribution in [0.1, 0.15) is 18.4 Å². The second-order valence-corrected chi connectivity index (χ2v) is 5.78. The lowest BCUT2D eigenvalue weighted by molar-refractivity contribution is -0.132. The molecule has 1 fully saturated rings. The molecule has 1 aromatic rings. The monoisotopic (exact) mass is 276 g/mol. The molecular weight excluding hydrogens is 256 g/mol. The van der Waals surface area contributed by atoms with E-state index < -0.39 is 0 Å². The van der Waals surface area contributed by atoms with E-state index in [1.54, 1.807) is 4.90 Å². The smallest absolute Gasteiger partial charge is 0.232 e. The molecule has 19 heavy (non-hydrogen) atoms. The molecule has 2 rings (SSSR count). The summed E-state index contributed by atoms with van der Waals surface area (Å²) in [6, 6.07) is 9.88. The molecule has 1 atom stereocenters. The largest absolute Gasteiger partial charge is 0.393 e. The van der Waals surface area contributed by atoms with Crippen molar-refractivity contribution in [2.45, 2.75) is 19.3 Å². The number of rotatable bonds is 6. The summed E-state index contributed by atoms with van der Waals surface area (Å²) in [5, 5.41) is 0. The SMILES string of the molecule is CN(CC1CC1)C(=O)C(Cc1ccccc1)C(N)=S. The number of carbonyl (C=O) groups is 1. The number of hydrogen-bond acceptors (Lipinski definition) is 2. The number of thiocarbonyl (C=S) groups is 1. The zero-order chi connectivity index (χ0) is 13.8. The van der Waals surface area contributed by atoms with Gasteiger partial charge in [-0.1, -0.05) is 42.5 Å². The van der Waals surface area contributed by atoms with Crippen LogP contribution < -0.4 is 5.73 Å². The zero-order valence-corrected chi connectivity index (χ0v) is 12.0. The van der Waals surface area contributed by atoms with Crippen LogP contribution in [-0.4, -0.2) is 29.4 Å². The summed E-state index contributed by atoms with van der Waals surface area (Å²) >= 11 is 5.07. The van der Waals surface area contributed by atoms with E-state index in [1.165, 1.54) is 12.8 Å². The quantitative estimate of drug-likeness (QED) is 0.808. The van der Waals surface area contributed by atoms with Crippen molar-refractivity contribution in [2.24, 2.45) is 17.6 Å². The fourth-order valence-electron chi connectivity index (χ4n) is 2.20. The van der Waals surface area contributed by atoms with Gasteiger partial charge in [-0.05, 0) is 30.7 Å². The lowest BCUT2D eigenvalue weighted by Crippen LogP contribution is -2.41. The number of nitrogens with two attached hydrogens (primary N) is 1. The first-order valence-corrected chi connectivity index (χ1v) is 7.07.